The molecule has 0 saturated heterocycles. The number of fused-ring (bicyclic) bond motifs is 1. The Bertz CT molecular complexity index is 1120. The van der Waals surface area contributed by atoms with Crippen LogP contribution in [0.25, 0.3) is 11.4 Å². The van der Waals surface area contributed by atoms with Gasteiger partial charge in [-0.1, -0.05) is 56.0 Å². The minimum Gasteiger partial charge on any atom is -0.375 e. The molecule has 35 heavy (non-hydrogen) atoms. The third kappa shape index (κ3) is 6.33. The second-order valence-corrected chi connectivity index (χ2v) is 8.87. The second-order valence-electron chi connectivity index (χ2n) is 8.87. The van der Waals surface area contributed by atoms with Crippen LogP contribution in [0.1, 0.15) is 54.4 Å². The lowest BCUT2D eigenvalue weighted by molar-refractivity contribution is -0.122. The molecule has 1 aliphatic heterocycles. The Kier molecular flexibility index (Phi) is 8.62. The minimum absolute atomic E-state index is 0.0331. The van der Waals surface area contributed by atoms with Crippen LogP contribution >= 0.6 is 0 Å². The topological polar surface area (TPSA) is 91.4 Å². The number of H-pyrrole nitrogens is 1. The van der Waals surface area contributed by atoms with E-state index in [2.05, 4.69) is 15.2 Å². The lowest BCUT2D eigenvalue weighted by Crippen LogP contribution is -2.37. The highest BCUT2D eigenvalue weighted by atomic mass is 16.5. The number of nitrogens with zero attached hydrogens (tertiary/aromatic N) is 4. The van der Waals surface area contributed by atoms with E-state index >= 15 is 0 Å². The van der Waals surface area contributed by atoms with E-state index in [9.17, 15) is 9.59 Å². The molecule has 2 heterocycles. The molecule has 0 saturated carbocycles. The Morgan fingerprint density at radius 3 is 2.51 bits per heavy atom. The number of methoxy groups -OCH3 is 1. The molecule has 1 N–H and O–H groups in total. The molecule has 0 bridgehead atoms. The van der Waals surface area contributed by atoms with Gasteiger partial charge in [0.25, 0.3) is 11.8 Å². The van der Waals surface area contributed by atoms with Gasteiger partial charge in [-0.2, -0.15) is 5.10 Å². The van der Waals surface area contributed by atoms with Crippen LogP contribution in [-0.2, 0) is 16.1 Å². The van der Waals surface area contributed by atoms with Crippen molar-refractivity contribution in [2.75, 3.05) is 31.7 Å². The number of amides is 2. The molecule has 4 rings (SSSR count). The number of nitrogens with one attached hydrogen (secondary N) is 1. The zero-order chi connectivity index (χ0) is 24.5. The van der Waals surface area contributed by atoms with Gasteiger partial charge in [-0.05, 0) is 36.6 Å². The first-order valence-electron chi connectivity index (χ1n) is 12.3. The van der Waals surface area contributed by atoms with Gasteiger partial charge in [0.15, 0.2) is 5.82 Å². The molecule has 3 aromatic rings. The van der Waals surface area contributed by atoms with E-state index in [4.69, 9.17) is 4.74 Å². The molecule has 2 aromatic carbocycles. The molecule has 1 aliphatic rings. The minimum atomic E-state index is -0.0625. The van der Waals surface area contributed by atoms with Gasteiger partial charge in [-0.15, -0.1) is 0 Å². The van der Waals surface area contributed by atoms with Gasteiger partial charge >= 0.3 is 0 Å². The van der Waals surface area contributed by atoms with E-state index in [1.165, 1.54) is 13.4 Å². The molecule has 2 amide bonds. The number of anilines is 1. The normalized spacial score (nSPS) is 15.5. The van der Waals surface area contributed by atoms with Crippen molar-refractivity contribution in [1.29, 1.82) is 0 Å². The van der Waals surface area contributed by atoms with Gasteiger partial charge in [-0.25, -0.2) is 4.98 Å². The highest BCUT2D eigenvalue weighted by molar-refractivity contribution is 5.96. The monoisotopic (exact) mass is 475 g/mol. The van der Waals surface area contributed by atoms with Crippen molar-refractivity contribution in [3.05, 3.63) is 66.0 Å². The zero-order valence-electron chi connectivity index (χ0n) is 20.3. The molecule has 8 heteroatoms. The highest BCUT2D eigenvalue weighted by Gasteiger charge is 2.22. The Hall–Kier alpha value is -3.52. The Labute approximate surface area is 206 Å². The largest absolute Gasteiger partial charge is 0.375 e. The fourth-order valence-electron chi connectivity index (χ4n) is 4.55. The van der Waals surface area contributed by atoms with Crippen molar-refractivity contribution >= 4 is 17.5 Å². The van der Waals surface area contributed by atoms with Crippen molar-refractivity contribution in [3.63, 3.8) is 0 Å². The standard InChI is InChI=1S/C27H33N5O3/c1-35-19-25(33)32-16-9-5-3-2-4-8-15-31(18-23-11-6-7-14-24(23)32)27(34)22-13-10-12-21(17-22)26-28-20-29-30-26/h6-7,10-14,17,20H,2-5,8-9,15-16,18-19H2,1H3,(H,28,29,30). The first kappa shape index (κ1) is 24.6. The molecule has 0 aliphatic carbocycles. The number of para-hydroxylation sites is 1. The summed E-state index contributed by atoms with van der Waals surface area (Å²) in [5, 5.41) is 6.77. The Morgan fingerprint density at radius 2 is 1.74 bits per heavy atom. The van der Waals surface area contributed by atoms with Gasteiger partial charge in [-0.3, -0.25) is 14.7 Å². The Balaban J connectivity index is 1.65. The maximum atomic E-state index is 13.7. The van der Waals surface area contributed by atoms with Crippen molar-refractivity contribution in [2.45, 2.75) is 45.1 Å². The van der Waals surface area contributed by atoms with E-state index in [1.807, 2.05) is 58.3 Å². The summed E-state index contributed by atoms with van der Waals surface area (Å²) in [4.78, 5) is 34.6. The van der Waals surface area contributed by atoms with Crippen LogP contribution in [0.2, 0.25) is 0 Å². The van der Waals surface area contributed by atoms with E-state index in [1.54, 1.807) is 0 Å². The van der Waals surface area contributed by atoms with Gasteiger partial charge in [0.1, 0.15) is 12.9 Å². The van der Waals surface area contributed by atoms with Crippen LogP contribution in [0.3, 0.4) is 0 Å². The van der Waals surface area contributed by atoms with Crippen molar-refractivity contribution in [1.82, 2.24) is 20.1 Å². The summed E-state index contributed by atoms with van der Waals surface area (Å²) in [5.41, 5.74) is 3.22. The van der Waals surface area contributed by atoms with Crippen LogP contribution < -0.4 is 4.90 Å². The molecule has 0 atom stereocenters. The molecular formula is C27H33N5O3. The van der Waals surface area contributed by atoms with Crippen LogP contribution in [0.4, 0.5) is 5.69 Å². The Morgan fingerprint density at radius 1 is 0.971 bits per heavy atom. The number of carbonyl (C=O) groups excluding carboxylic acids is 2. The molecular weight excluding hydrogens is 442 g/mol. The maximum Gasteiger partial charge on any atom is 0.254 e. The first-order valence-corrected chi connectivity index (χ1v) is 12.3. The zero-order valence-corrected chi connectivity index (χ0v) is 20.3. The smallest absolute Gasteiger partial charge is 0.254 e. The third-order valence-electron chi connectivity index (χ3n) is 6.36. The van der Waals surface area contributed by atoms with Gasteiger partial charge in [0.05, 0.1) is 0 Å². The fraction of sp³-hybridized carbons (Fsp3) is 0.407. The molecule has 1 aromatic heterocycles. The summed E-state index contributed by atoms with van der Waals surface area (Å²) in [6, 6.07) is 15.3. The van der Waals surface area contributed by atoms with Gasteiger partial charge in [0, 0.05) is 43.6 Å². The number of carbonyl (C=O) groups is 2. The number of hydrogen-bond acceptors (Lipinski definition) is 5. The number of ether oxygens (including phenoxy) is 1. The van der Waals surface area contributed by atoms with E-state index in [-0.39, 0.29) is 18.4 Å². The molecule has 184 valence electrons. The number of hydrogen-bond donors (Lipinski definition) is 1. The quantitative estimate of drug-likeness (QED) is 0.602. The SMILES string of the molecule is COCC(=O)N1CCCCCCCCN(C(=O)c2cccc(-c3ncn[nH]3)c2)Cc2ccccc21. The highest BCUT2D eigenvalue weighted by Crippen LogP contribution is 2.26. The number of aromatic nitrogens is 3. The lowest BCUT2D eigenvalue weighted by atomic mass is 10.1. The summed E-state index contributed by atoms with van der Waals surface area (Å²) in [5.74, 6) is 0.528. The fourth-order valence-corrected chi connectivity index (χ4v) is 4.55. The van der Waals surface area contributed by atoms with Crippen molar-refractivity contribution in [2.24, 2.45) is 0 Å². The number of aromatic amines is 1. The molecule has 0 radical (unpaired) electrons. The summed E-state index contributed by atoms with van der Waals surface area (Å²) in [6.07, 6.45) is 7.76. The van der Waals surface area contributed by atoms with Crippen LogP contribution in [0.5, 0.6) is 0 Å². The van der Waals surface area contributed by atoms with Gasteiger partial charge < -0.3 is 14.5 Å². The lowest BCUT2D eigenvalue weighted by Gasteiger charge is -2.28. The predicted molar refractivity (Wildman–Crippen MR) is 135 cm³/mol. The summed E-state index contributed by atoms with van der Waals surface area (Å²) in [6.45, 7) is 1.77. The second kappa shape index (κ2) is 12.3. The van der Waals surface area contributed by atoms with Crippen LogP contribution in [-0.4, -0.2) is 58.7 Å². The summed E-state index contributed by atoms with van der Waals surface area (Å²) < 4.78 is 5.16. The molecule has 0 unspecified atom stereocenters. The van der Waals surface area contributed by atoms with Crippen LogP contribution in [0, 0.1) is 0 Å². The third-order valence-corrected chi connectivity index (χ3v) is 6.36. The summed E-state index contributed by atoms with van der Waals surface area (Å²) >= 11 is 0. The number of rotatable bonds is 4. The predicted octanol–water partition coefficient (Wildman–Crippen LogP) is 4.45. The maximum absolute atomic E-state index is 13.7. The van der Waals surface area contributed by atoms with Crippen molar-refractivity contribution < 1.29 is 14.3 Å². The van der Waals surface area contributed by atoms with E-state index in [0.717, 1.165) is 55.3 Å². The van der Waals surface area contributed by atoms with Crippen molar-refractivity contribution in [3.8, 4) is 11.4 Å². The molecule has 8 nitrogen and oxygen atoms in total. The van der Waals surface area contributed by atoms with Gasteiger partial charge in [0.2, 0.25) is 0 Å². The first-order chi connectivity index (χ1) is 17.2. The van der Waals surface area contributed by atoms with Crippen LogP contribution in [0.15, 0.2) is 54.9 Å². The average molecular weight is 476 g/mol. The van der Waals surface area contributed by atoms with E-state index in [0.29, 0.717) is 31.0 Å². The average Bonchev–Trinajstić information content (AvgIpc) is 3.42. The number of benzene rings is 2. The molecule has 0 spiro atoms. The summed E-state index contributed by atoms with van der Waals surface area (Å²) in [7, 11) is 1.54. The molecule has 0 fully saturated rings. The van der Waals surface area contributed by atoms with E-state index < -0.39 is 0 Å².